The van der Waals surface area contributed by atoms with Gasteiger partial charge in [-0.15, -0.1) is 11.8 Å². The van der Waals surface area contributed by atoms with Crippen molar-refractivity contribution in [1.82, 2.24) is 0 Å². The highest BCUT2D eigenvalue weighted by Gasteiger charge is 2.02. The van der Waals surface area contributed by atoms with Gasteiger partial charge in [-0.05, 0) is 42.8 Å². The van der Waals surface area contributed by atoms with Crippen LogP contribution in [0.25, 0.3) is 0 Å². The Morgan fingerprint density at radius 2 is 1.89 bits per heavy atom. The lowest BCUT2D eigenvalue weighted by Crippen LogP contribution is -2.01. The van der Waals surface area contributed by atoms with Gasteiger partial charge >= 0.3 is 0 Å². The molecule has 2 aromatic carbocycles. The second-order valence-electron chi connectivity index (χ2n) is 4.14. The predicted molar refractivity (Wildman–Crippen MR) is 86.0 cm³/mol. The van der Waals surface area contributed by atoms with Crippen LogP contribution in [-0.4, -0.2) is 12.4 Å². The van der Waals surface area contributed by atoms with E-state index in [-0.39, 0.29) is 0 Å². The molecule has 0 heterocycles. The lowest BCUT2D eigenvalue weighted by molar-refractivity contribution is 0.344. The van der Waals surface area contributed by atoms with Gasteiger partial charge in [0.05, 0.1) is 6.61 Å². The molecule has 2 N–H and O–H groups in total. The molecule has 0 spiro atoms. The van der Waals surface area contributed by atoms with Crippen LogP contribution in [0.15, 0.2) is 51.8 Å². The largest absolute Gasteiger partial charge is 0.493 e. The van der Waals surface area contributed by atoms with Crippen molar-refractivity contribution in [3.8, 4) is 5.75 Å². The van der Waals surface area contributed by atoms with Crippen LogP contribution >= 0.6 is 27.7 Å². The summed E-state index contributed by atoms with van der Waals surface area (Å²) in [5.74, 6) is 1.77. The molecule has 0 aromatic heterocycles. The van der Waals surface area contributed by atoms with Crippen LogP contribution in [0.2, 0.25) is 0 Å². The molecule has 0 saturated heterocycles. The maximum atomic E-state index is 6.03. The molecule has 4 heteroatoms. The number of nitrogens with two attached hydrogens (primary N) is 1. The molecule has 0 bridgehead atoms. The van der Waals surface area contributed by atoms with Gasteiger partial charge in [0.15, 0.2) is 0 Å². The first-order chi connectivity index (χ1) is 9.16. The SMILES string of the molecule is Cc1cccc(SCCOc2ccc(Br)cc2)c1N. The monoisotopic (exact) mass is 337 g/mol. The molecule has 0 aliphatic carbocycles. The van der Waals surface area contributed by atoms with E-state index in [1.807, 2.05) is 49.4 Å². The van der Waals surface area contributed by atoms with Crippen LogP contribution < -0.4 is 10.5 Å². The van der Waals surface area contributed by atoms with E-state index in [0.29, 0.717) is 6.61 Å². The predicted octanol–water partition coefficient (Wildman–Crippen LogP) is 4.51. The molecule has 0 atom stereocenters. The van der Waals surface area contributed by atoms with Crippen LogP contribution in [-0.2, 0) is 0 Å². The van der Waals surface area contributed by atoms with E-state index in [0.717, 1.165) is 32.1 Å². The van der Waals surface area contributed by atoms with Gasteiger partial charge < -0.3 is 10.5 Å². The summed E-state index contributed by atoms with van der Waals surface area (Å²) >= 11 is 5.12. The molecule has 2 aromatic rings. The van der Waals surface area contributed by atoms with Gasteiger partial charge in [-0.3, -0.25) is 0 Å². The molecule has 2 nitrogen and oxygen atoms in total. The van der Waals surface area contributed by atoms with Crippen LogP contribution in [0, 0.1) is 6.92 Å². The summed E-state index contributed by atoms with van der Waals surface area (Å²) in [5, 5.41) is 0. The molecule has 0 amide bonds. The van der Waals surface area contributed by atoms with Gasteiger partial charge in [0.2, 0.25) is 0 Å². The zero-order valence-electron chi connectivity index (χ0n) is 10.7. The van der Waals surface area contributed by atoms with Gasteiger partial charge in [-0.1, -0.05) is 28.1 Å². The standard InChI is InChI=1S/C15H16BrNOS/c1-11-3-2-4-14(15(11)17)19-10-9-18-13-7-5-12(16)6-8-13/h2-8H,9-10,17H2,1H3. The van der Waals surface area contributed by atoms with Crippen molar-refractivity contribution in [2.45, 2.75) is 11.8 Å². The number of halogens is 1. The minimum Gasteiger partial charge on any atom is -0.493 e. The van der Waals surface area contributed by atoms with Gasteiger partial charge in [0.1, 0.15) is 5.75 Å². The minimum absolute atomic E-state index is 0.666. The molecule has 0 unspecified atom stereocenters. The molecule has 0 aliphatic rings. The molecule has 19 heavy (non-hydrogen) atoms. The Morgan fingerprint density at radius 3 is 2.63 bits per heavy atom. The average Bonchev–Trinajstić information content (AvgIpc) is 2.41. The maximum Gasteiger partial charge on any atom is 0.119 e. The van der Waals surface area contributed by atoms with Crippen molar-refractivity contribution in [3.63, 3.8) is 0 Å². The number of anilines is 1. The summed E-state index contributed by atoms with van der Waals surface area (Å²) < 4.78 is 6.73. The molecule has 0 aliphatic heterocycles. The lowest BCUT2D eigenvalue weighted by Gasteiger charge is -2.09. The maximum absolute atomic E-state index is 6.03. The fourth-order valence-electron chi connectivity index (χ4n) is 1.62. The summed E-state index contributed by atoms with van der Waals surface area (Å²) in [5.41, 5.74) is 8.02. The van der Waals surface area contributed by atoms with E-state index >= 15 is 0 Å². The highest BCUT2D eigenvalue weighted by molar-refractivity contribution is 9.10. The summed E-state index contributed by atoms with van der Waals surface area (Å²) in [4.78, 5) is 1.12. The third kappa shape index (κ3) is 4.18. The van der Waals surface area contributed by atoms with Crippen molar-refractivity contribution in [2.24, 2.45) is 0 Å². The molecular formula is C15H16BrNOS. The van der Waals surface area contributed by atoms with Crippen LogP contribution in [0.5, 0.6) is 5.75 Å². The Labute approximate surface area is 126 Å². The minimum atomic E-state index is 0.666. The van der Waals surface area contributed by atoms with Gasteiger partial charge in [-0.2, -0.15) is 0 Å². The first-order valence-electron chi connectivity index (χ1n) is 6.03. The number of hydrogen-bond donors (Lipinski definition) is 1. The van der Waals surface area contributed by atoms with Crippen LogP contribution in [0.1, 0.15) is 5.56 Å². The van der Waals surface area contributed by atoms with Gasteiger partial charge in [0, 0.05) is 20.8 Å². The number of aryl methyl sites for hydroxylation is 1. The van der Waals surface area contributed by atoms with E-state index in [4.69, 9.17) is 10.5 Å². The molecule has 0 fully saturated rings. The first-order valence-corrected chi connectivity index (χ1v) is 7.81. The van der Waals surface area contributed by atoms with E-state index < -0.39 is 0 Å². The smallest absolute Gasteiger partial charge is 0.119 e. The number of rotatable bonds is 5. The zero-order valence-corrected chi connectivity index (χ0v) is 13.1. The van der Waals surface area contributed by atoms with Crippen molar-refractivity contribution < 1.29 is 4.74 Å². The Bertz CT molecular complexity index is 542. The zero-order chi connectivity index (χ0) is 13.7. The van der Waals surface area contributed by atoms with Crippen LogP contribution in [0.3, 0.4) is 0 Å². The first kappa shape index (κ1) is 14.3. The average molecular weight is 338 g/mol. The molecule has 2 rings (SSSR count). The molecular weight excluding hydrogens is 322 g/mol. The van der Waals surface area contributed by atoms with Crippen LogP contribution in [0.4, 0.5) is 5.69 Å². The Hall–Kier alpha value is -1.13. The van der Waals surface area contributed by atoms with E-state index in [2.05, 4.69) is 15.9 Å². The van der Waals surface area contributed by atoms with Crippen molar-refractivity contribution in [1.29, 1.82) is 0 Å². The number of para-hydroxylation sites is 1. The second-order valence-corrected chi connectivity index (χ2v) is 6.19. The molecule has 0 radical (unpaired) electrons. The molecule has 0 saturated carbocycles. The number of nitrogen functional groups attached to an aromatic ring is 1. The number of ether oxygens (including phenoxy) is 1. The summed E-state index contributed by atoms with van der Waals surface area (Å²) in [6.45, 7) is 2.69. The topological polar surface area (TPSA) is 35.2 Å². The van der Waals surface area contributed by atoms with E-state index in [1.54, 1.807) is 11.8 Å². The van der Waals surface area contributed by atoms with Crippen molar-refractivity contribution in [3.05, 3.63) is 52.5 Å². The fraction of sp³-hybridized carbons (Fsp3) is 0.200. The highest BCUT2D eigenvalue weighted by Crippen LogP contribution is 2.27. The second kappa shape index (κ2) is 6.87. The number of benzene rings is 2. The Morgan fingerprint density at radius 1 is 1.16 bits per heavy atom. The Kier molecular flexibility index (Phi) is 5.16. The summed E-state index contributed by atoms with van der Waals surface area (Å²) in [6.07, 6.45) is 0. The quantitative estimate of drug-likeness (QED) is 0.495. The highest BCUT2D eigenvalue weighted by atomic mass is 79.9. The van der Waals surface area contributed by atoms with E-state index in [1.165, 1.54) is 0 Å². The fourth-order valence-corrected chi connectivity index (χ4v) is 2.76. The lowest BCUT2D eigenvalue weighted by atomic mass is 10.2. The van der Waals surface area contributed by atoms with Gasteiger partial charge in [-0.25, -0.2) is 0 Å². The van der Waals surface area contributed by atoms with Crippen molar-refractivity contribution >= 4 is 33.4 Å². The summed E-state index contributed by atoms with van der Waals surface area (Å²) in [7, 11) is 0. The number of thioether (sulfide) groups is 1. The third-order valence-electron chi connectivity index (χ3n) is 2.71. The normalized spacial score (nSPS) is 10.4. The van der Waals surface area contributed by atoms with E-state index in [9.17, 15) is 0 Å². The van der Waals surface area contributed by atoms with Gasteiger partial charge in [0.25, 0.3) is 0 Å². The van der Waals surface area contributed by atoms with Crippen molar-refractivity contribution in [2.75, 3.05) is 18.1 Å². The number of hydrogen-bond acceptors (Lipinski definition) is 3. The molecule has 100 valence electrons. The Balaban J connectivity index is 1.81. The third-order valence-corrected chi connectivity index (χ3v) is 4.27. The summed E-state index contributed by atoms with van der Waals surface area (Å²) in [6, 6.07) is 14.0.